The number of carbonyl (C=O) groups is 1. The molecule has 7 nitrogen and oxygen atoms in total. The number of hydrogen-bond acceptors (Lipinski definition) is 5. The summed E-state index contributed by atoms with van der Waals surface area (Å²) in [6.45, 7) is 5.33. The number of rotatable bonds is 5. The Morgan fingerprint density at radius 1 is 1.43 bits per heavy atom. The van der Waals surface area contributed by atoms with E-state index in [1.165, 1.54) is 0 Å². The van der Waals surface area contributed by atoms with Gasteiger partial charge in [-0.2, -0.15) is 5.10 Å². The fourth-order valence-corrected chi connectivity index (χ4v) is 2.99. The summed E-state index contributed by atoms with van der Waals surface area (Å²) in [5.41, 5.74) is 1.91. The Morgan fingerprint density at radius 2 is 2.26 bits per heavy atom. The summed E-state index contributed by atoms with van der Waals surface area (Å²) in [6, 6.07) is 1.87. The molecule has 1 N–H and O–H groups in total. The van der Waals surface area contributed by atoms with Gasteiger partial charge >= 0.3 is 0 Å². The van der Waals surface area contributed by atoms with Gasteiger partial charge in [-0.25, -0.2) is 0 Å². The van der Waals surface area contributed by atoms with Crippen LogP contribution < -0.4 is 0 Å². The molecule has 0 aromatic carbocycles. The first-order valence-corrected chi connectivity index (χ1v) is 7.88. The lowest BCUT2D eigenvalue weighted by Gasteiger charge is -2.15. The number of hydrogen-bond donors (Lipinski definition) is 1. The summed E-state index contributed by atoms with van der Waals surface area (Å²) in [5, 5.41) is 18.2. The van der Waals surface area contributed by atoms with E-state index in [9.17, 15) is 9.90 Å². The largest absolute Gasteiger partial charge is 0.391 e. The summed E-state index contributed by atoms with van der Waals surface area (Å²) in [7, 11) is 0. The molecule has 0 saturated carbocycles. The number of aryl methyl sites for hydroxylation is 3. The van der Waals surface area contributed by atoms with Gasteiger partial charge in [0.15, 0.2) is 0 Å². The predicted octanol–water partition coefficient (Wildman–Crippen LogP) is 0.940. The molecule has 0 bridgehead atoms. The van der Waals surface area contributed by atoms with Crippen LogP contribution in [0.5, 0.6) is 0 Å². The van der Waals surface area contributed by atoms with Crippen LogP contribution in [-0.2, 0) is 17.8 Å². The first kappa shape index (κ1) is 15.7. The van der Waals surface area contributed by atoms with Crippen LogP contribution in [-0.4, -0.2) is 50.0 Å². The second kappa shape index (κ2) is 6.54. The van der Waals surface area contributed by atoms with Gasteiger partial charge in [0, 0.05) is 50.7 Å². The third-order valence-corrected chi connectivity index (χ3v) is 4.22. The van der Waals surface area contributed by atoms with E-state index >= 15 is 0 Å². The number of aromatic nitrogens is 3. The normalized spacial score (nSPS) is 21.1. The van der Waals surface area contributed by atoms with Crippen molar-refractivity contribution in [3.05, 3.63) is 35.5 Å². The van der Waals surface area contributed by atoms with Gasteiger partial charge in [0.25, 0.3) is 0 Å². The maximum Gasteiger partial charge on any atom is 0.224 e. The van der Waals surface area contributed by atoms with Crippen LogP contribution >= 0.6 is 0 Å². The van der Waals surface area contributed by atoms with Crippen molar-refractivity contribution in [2.24, 2.45) is 5.92 Å². The highest BCUT2D eigenvalue weighted by Crippen LogP contribution is 2.22. The van der Waals surface area contributed by atoms with Crippen molar-refractivity contribution in [3.8, 4) is 0 Å². The molecule has 23 heavy (non-hydrogen) atoms. The van der Waals surface area contributed by atoms with Gasteiger partial charge in [-0.1, -0.05) is 5.16 Å². The van der Waals surface area contributed by atoms with Crippen molar-refractivity contribution >= 4 is 5.91 Å². The standard InChI is InChI=1S/C16H22N4O3/c1-11-7-17-20(8-11)4-3-16(22)19-9-13(15(21)10-19)6-14-5-12(2)18-23-14/h5,7-8,13,15,21H,3-4,6,9-10H2,1-2H3/t13-,15-/m1/s1. The minimum Gasteiger partial charge on any atom is -0.391 e. The number of carbonyl (C=O) groups excluding carboxylic acids is 1. The molecular formula is C16H22N4O3. The van der Waals surface area contributed by atoms with Crippen molar-refractivity contribution in [2.75, 3.05) is 13.1 Å². The average molecular weight is 318 g/mol. The van der Waals surface area contributed by atoms with E-state index < -0.39 is 6.10 Å². The highest BCUT2D eigenvalue weighted by molar-refractivity contribution is 5.76. The maximum atomic E-state index is 12.3. The highest BCUT2D eigenvalue weighted by atomic mass is 16.5. The molecule has 0 aliphatic carbocycles. The number of aliphatic hydroxyl groups is 1. The van der Waals surface area contributed by atoms with E-state index in [0.717, 1.165) is 17.0 Å². The molecule has 3 heterocycles. The zero-order valence-corrected chi connectivity index (χ0v) is 13.5. The molecule has 0 unspecified atom stereocenters. The fraction of sp³-hybridized carbons (Fsp3) is 0.562. The molecule has 2 aromatic rings. The summed E-state index contributed by atoms with van der Waals surface area (Å²) in [6.07, 6.45) is 4.17. The summed E-state index contributed by atoms with van der Waals surface area (Å²) >= 11 is 0. The van der Waals surface area contributed by atoms with Crippen LogP contribution in [0.4, 0.5) is 0 Å². The third kappa shape index (κ3) is 3.79. The minimum atomic E-state index is -0.517. The van der Waals surface area contributed by atoms with Gasteiger partial charge < -0.3 is 14.5 Å². The molecule has 7 heteroatoms. The number of aliphatic hydroxyl groups excluding tert-OH is 1. The lowest BCUT2D eigenvalue weighted by atomic mass is 10.0. The van der Waals surface area contributed by atoms with Crippen LogP contribution in [0.15, 0.2) is 23.0 Å². The van der Waals surface area contributed by atoms with E-state index in [1.54, 1.807) is 15.8 Å². The Morgan fingerprint density at radius 3 is 2.91 bits per heavy atom. The van der Waals surface area contributed by atoms with E-state index in [1.807, 2.05) is 26.1 Å². The molecule has 124 valence electrons. The molecular weight excluding hydrogens is 296 g/mol. The smallest absolute Gasteiger partial charge is 0.224 e. The third-order valence-electron chi connectivity index (χ3n) is 4.22. The van der Waals surface area contributed by atoms with Gasteiger partial charge in [-0.3, -0.25) is 9.48 Å². The Kier molecular flexibility index (Phi) is 4.47. The Balaban J connectivity index is 1.51. The maximum absolute atomic E-state index is 12.3. The predicted molar refractivity (Wildman–Crippen MR) is 82.6 cm³/mol. The lowest BCUT2D eigenvalue weighted by Crippen LogP contribution is -2.30. The van der Waals surface area contributed by atoms with Gasteiger partial charge in [-0.15, -0.1) is 0 Å². The van der Waals surface area contributed by atoms with E-state index in [4.69, 9.17) is 4.52 Å². The van der Waals surface area contributed by atoms with Crippen molar-refractivity contribution < 1.29 is 14.4 Å². The number of likely N-dealkylation sites (tertiary alicyclic amines) is 1. The van der Waals surface area contributed by atoms with Crippen molar-refractivity contribution in [1.29, 1.82) is 0 Å². The first-order valence-electron chi connectivity index (χ1n) is 7.88. The molecule has 1 fully saturated rings. The van der Waals surface area contributed by atoms with Crippen LogP contribution in [0.1, 0.15) is 23.4 Å². The molecule has 1 saturated heterocycles. The molecule has 1 aliphatic rings. The first-order chi connectivity index (χ1) is 11.0. The summed E-state index contributed by atoms with van der Waals surface area (Å²) in [4.78, 5) is 14.0. The second-order valence-electron chi connectivity index (χ2n) is 6.30. The second-order valence-corrected chi connectivity index (χ2v) is 6.30. The molecule has 0 spiro atoms. The van der Waals surface area contributed by atoms with E-state index in [-0.39, 0.29) is 11.8 Å². The minimum absolute atomic E-state index is 0.00162. The number of amides is 1. The van der Waals surface area contributed by atoms with Crippen LogP contribution in [0.2, 0.25) is 0 Å². The number of β-amino-alcohol motifs (C(OH)–C–C–N with tert-alkyl or cyclic N) is 1. The van der Waals surface area contributed by atoms with E-state index in [0.29, 0.717) is 32.5 Å². The number of nitrogens with zero attached hydrogens (tertiary/aromatic N) is 4. The Hall–Kier alpha value is -2.15. The zero-order valence-electron chi connectivity index (χ0n) is 13.5. The van der Waals surface area contributed by atoms with Crippen LogP contribution in [0.3, 0.4) is 0 Å². The zero-order chi connectivity index (χ0) is 16.4. The molecule has 3 rings (SSSR count). The Labute approximate surface area is 134 Å². The fourth-order valence-electron chi connectivity index (χ4n) is 2.99. The quantitative estimate of drug-likeness (QED) is 0.887. The monoisotopic (exact) mass is 318 g/mol. The average Bonchev–Trinajstić information content (AvgIpc) is 3.20. The van der Waals surface area contributed by atoms with Gasteiger partial charge in [0.05, 0.1) is 18.0 Å². The molecule has 1 amide bonds. The summed E-state index contributed by atoms with van der Waals surface area (Å²) in [5.74, 6) is 0.805. The highest BCUT2D eigenvalue weighted by Gasteiger charge is 2.34. The molecule has 2 aromatic heterocycles. The lowest BCUT2D eigenvalue weighted by molar-refractivity contribution is -0.130. The van der Waals surface area contributed by atoms with Gasteiger partial charge in [0.2, 0.25) is 5.91 Å². The van der Waals surface area contributed by atoms with Gasteiger partial charge in [0.1, 0.15) is 5.76 Å². The summed E-state index contributed by atoms with van der Waals surface area (Å²) < 4.78 is 6.97. The molecule has 2 atom stereocenters. The SMILES string of the molecule is Cc1cnn(CCC(=O)N2C[C@@H](Cc3cc(C)no3)[C@H](O)C2)c1. The molecule has 0 radical (unpaired) electrons. The topological polar surface area (TPSA) is 84.4 Å². The van der Waals surface area contributed by atoms with Crippen molar-refractivity contribution in [3.63, 3.8) is 0 Å². The van der Waals surface area contributed by atoms with Crippen LogP contribution in [0.25, 0.3) is 0 Å². The van der Waals surface area contributed by atoms with Gasteiger partial charge in [-0.05, 0) is 19.4 Å². The van der Waals surface area contributed by atoms with Crippen molar-refractivity contribution in [2.45, 2.75) is 39.3 Å². The Bertz CT molecular complexity index is 678. The van der Waals surface area contributed by atoms with Crippen molar-refractivity contribution in [1.82, 2.24) is 19.8 Å². The van der Waals surface area contributed by atoms with E-state index in [2.05, 4.69) is 10.3 Å². The van der Waals surface area contributed by atoms with Crippen LogP contribution in [0, 0.1) is 19.8 Å². The molecule has 1 aliphatic heterocycles.